The first-order valence-electron chi connectivity index (χ1n) is 12.6. The quantitative estimate of drug-likeness (QED) is 0.418. The van der Waals surface area contributed by atoms with Crippen molar-refractivity contribution in [1.29, 1.82) is 0 Å². The lowest BCUT2D eigenvalue weighted by molar-refractivity contribution is -0.158. The molecule has 38 heavy (non-hydrogen) atoms. The van der Waals surface area contributed by atoms with Crippen LogP contribution in [0.4, 0.5) is 4.39 Å². The molecule has 2 amide bonds. The van der Waals surface area contributed by atoms with E-state index in [-0.39, 0.29) is 30.7 Å². The van der Waals surface area contributed by atoms with Crippen LogP contribution in [-0.4, -0.2) is 59.9 Å². The summed E-state index contributed by atoms with van der Waals surface area (Å²) in [5, 5.41) is 1.03. The highest BCUT2D eigenvalue weighted by molar-refractivity contribution is 5.97. The number of amides is 2. The van der Waals surface area contributed by atoms with Crippen LogP contribution in [-0.2, 0) is 22.4 Å². The highest BCUT2D eigenvalue weighted by atomic mass is 19.1. The van der Waals surface area contributed by atoms with Crippen LogP contribution in [0.1, 0.15) is 28.4 Å². The van der Waals surface area contributed by atoms with Crippen molar-refractivity contribution in [2.75, 3.05) is 27.3 Å². The monoisotopic (exact) mass is 513 g/mol. The molecule has 194 valence electrons. The molecule has 2 atom stereocenters. The number of carbonyl (C=O) groups is 2. The number of H-pyrrole nitrogens is 1. The highest BCUT2D eigenvalue weighted by Crippen LogP contribution is 2.45. The van der Waals surface area contributed by atoms with Gasteiger partial charge in [0.1, 0.15) is 29.4 Å². The molecule has 4 aromatic rings. The molecule has 1 fully saturated rings. The van der Waals surface area contributed by atoms with Crippen LogP contribution in [0.25, 0.3) is 10.9 Å². The van der Waals surface area contributed by atoms with Gasteiger partial charge in [0.2, 0.25) is 11.8 Å². The molecule has 0 spiro atoms. The number of piperazine rings is 1. The van der Waals surface area contributed by atoms with Gasteiger partial charge < -0.3 is 24.3 Å². The molecule has 7 nitrogen and oxygen atoms in total. The van der Waals surface area contributed by atoms with E-state index in [0.29, 0.717) is 29.9 Å². The summed E-state index contributed by atoms with van der Waals surface area (Å²) in [6, 6.07) is 18.7. The summed E-state index contributed by atoms with van der Waals surface area (Å²) in [7, 11) is 3.18. The van der Waals surface area contributed by atoms with Gasteiger partial charge in [0.05, 0.1) is 20.8 Å². The third-order valence-corrected chi connectivity index (χ3v) is 7.68. The number of halogens is 1. The summed E-state index contributed by atoms with van der Waals surface area (Å²) in [5.74, 6) is 0.619. The fourth-order valence-electron chi connectivity index (χ4n) is 5.85. The highest BCUT2D eigenvalue weighted by Gasteiger charge is 2.48. The molecule has 2 aliphatic rings. The Balaban J connectivity index is 1.44. The summed E-state index contributed by atoms with van der Waals surface area (Å²) >= 11 is 0. The average molecular weight is 514 g/mol. The minimum Gasteiger partial charge on any atom is -0.497 e. The SMILES string of the molecule is COc1ccc(OC)c([C@H]2c3[nH]c4ccccc4c3C[C@H]3C(=O)N(CCc4ccccc4F)CC(=O)N23)c1. The molecule has 1 aromatic heterocycles. The van der Waals surface area contributed by atoms with E-state index >= 15 is 0 Å². The van der Waals surface area contributed by atoms with E-state index in [2.05, 4.69) is 4.98 Å². The van der Waals surface area contributed by atoms with Crippen LogP contribution in [0.3, 0.4) is 0 Å². The summed E-state index contributed by atoms with van der Waals surface area (Å²) in [6.45, 7) is 0.200. The third-order valence-electron chi connectivity index (χ3n) is 7.68. The lowest BCUT2D eigenvalue weighted by atomic mass is 9.85. The Morgan fingerprint density at radius 2 is 1.79 bits per heavy atom. The average Bonchev–Trinajstić information content (AvgIpc) is 3.32. The fourth-order valence-corrected chi connectivity index (χ4v) is 5.85. The van der Waals surface area contributed by atoms with E-state index in [1.807, 2.05) is 42.5 Å². The number of para-hydroxylation sites is 1. The van der Waals surface area contributed by atoms with Crippen molar-refractivity contribution in [2.24, 2.45) is 0 Å². The van der Waals surface area contributed by atoms with Crippen molar-refractivity contribution >= 4 is 22.7 Å². The zero-order valence-electron chi connectivity index (χ0n) is 21.2. The van der Waals surface area contributed by atoms with E-state index < -0.39 is 12.1 Å². The molecule has 2 aliphatic heterocycles. The van der Waals surface area contributed by atoms with Gasteiger partial charge in [-0.25, -0.2) is 4.39 Å². The molecule has 6 rings (SSSR count). The van der Waals surface area contributed by atoms with Crippen LogP contribution >= 0.6 is 0 Å². The lowest BCUT2D eigenvalue weighted by Gasteiger charge is -2.47. The minimum absolute atomic E-state index is 0.0673. The van der Waals surface area contributed by atoms with E-state index in [1.165, 1.54) is 6.07 Å². The molecule has 3 aromatic carbocycles. The number of rotatable bonds is 6. The number of benzene rings is 3. The maximum absolute atomic E-state index is 14.2. The topological polar surface area (TPSA) is 74.9 Å². The minimum atomic E-state index is -0.690. The molecule has 1 N–H and O–H groups in total. The number of ether oxygens (including phenoxy) is 2. The number of nitrogens with one attached hydrogen (secondary N) is 1. The summed E-state index contributed by atoms with van der Waals surface area (Å²) < 4.78 is 25.4. The Bertz CT molecular complexity index is 1550. The zero-order valence-corrected chi connectivity index (χ0v) is 21.2. The standard InChI is InChI=1S/C30H28FN3O4/c1-37-19-11-12-26(38-2)22(15-19)29-28-21(20-8-4-6-10-24(20)32-28)16-25-30(36)33(17-27(35)34(25)29)14-13-18-7-3-5-9-23(18)31/h3-12,15,25,29,32H,13-14,16-17H2,1-2H3/t25-,29-/m0/s1. The smallest absolute Gasteiger partial charge is 0.246 e. The van der Waals surface area contributed by atoms with Crippen molar-refractivity contribution in [2.45, 2.75) is 24.9 Å². The van der Waals surface area contributed by atoms with Crippen LogP contribution in [0.2, 0.25) is 0 Å². The summed E-state index contributed by atoms with van der Waals surface area (Å²) in [5.41, 5.74) is 4.09. The number of hydrogen-bond donors (Lipinski definition) is 1. The van der Waals surface area contributed by atoms with Crippen LogP contribution in [0.5, 0.6) is 11.5 Å². The van der Waals surface area contributed by atoms with E-state index in [9.17, 15) is 14.0 Å². The second kappa shape index (κ2) is 9.52. The van der Waals surface area contributed by atoms with Gasteiger partial charge in [-0.2, -0.15) is 0 Å². The van der Waals surface area contributed by atoms with Crippen molar-refractivity contribution in [3.63, 3.8) is 0 Å². The molecule has 0 aliphatic carbocycles. The van der Waals surface area contributed by atoms with E-state index in [1.54, 1.807) is 42.2 Å². The van der Waals surface area contributed by atoms with Crippen molar-refractivity contribution in [1.82, 2.24) is 14.8 Å². The van der Waals surface area contributed by atoms with Crippen molar-refractivity contribution < 1.29 is 23.5 Å². The second-order valence-electron chi connectivity index (χ2n) is 9.70. The first kappa shape index (κ1) is 24.0. The third kappa shape index (κ3) is 3.88. The zero-order chi connectivity index (χ0) is 26.4. The second-order valence-corrected chi connectivity index (χ2v) is 9.70. The first-order chi connectivity index (χ1) is 18.5. The summed E-state index contributed by atoms with van der Waals surface area (Å²) in [6.07, 6.45) is 0.729. The van der Waals surface area contributed by atoms with Crippen LogP contribution in [0.15, 0.2) is 66.7 Å². The largest absolute Gasteiger partial charge is 0.497 e. The molecule has 3 heterocycles. The predicted octanol–water partition coefficient (Wildman–Crippen LogP) is 4.25. The number of nitrogens with zero attached hydrogens (tertiary/aromatic N) is 2. The van der Waals surface area contributed by atoms with Gasteiger partial charge in [0.25, 0.3) is 0 Å². The van der Waals surface area contributed by atoms with Gasteiger partial charge >= 0.3 is 0 Å². The number of fused-ring (bicyclic) bond motifs is 4. The Hall–Kier alpha value is -4.33. The maximum atomic E-state index is 14.2. The summed E-state index contributed by atoms with van der Waals surface area (Å²) in [4.78, 5) is 34.5. The van der Waals surface area contributed by atoms with E-state index in [0.717, 1.165) is 27.7 Å². The Kier molecular flexibility index (Phi) is 6.02. The fraction of sp³-hybridized carbons (Fsp3) is 0.267. The Morgan fingerprint density at radius 1 is 1.00 bits per heavy atom. The molecule has 1 saturated heterocycles. The number of methoxy groups -OCH3 is 2. The number of aromatic nitrogens is 1. The predicted molar refractivity (Wildman–Crippen MR) is 141 cm³/mol. The van der Waals surface area contributed by atoms with Gasteiger partial charge in [-0.15, -0.1) is 0 Å². The molecule has 0 bridgehead atoms. The van der Waals surface area contributed by atoms with Gasteiger partial charge in [-0.05, 0) is 47.9 Å². The molecular weight excluding hydrogens is 485 g/mol. The molecule has 0 radical (unpaired) electrons. The van der Waals surface area contributed by atoms with Crippen LogP contribution in [0, 0.1) is 5.82 Å². The Morgan fingerprint density at radius 3 is 2.58 bits per heavy atom. The normalized spacial score (nSPS) is 18.9. The molecule has 0 saturated carbocycles. The van der Waals surface area contributed by atoms with Crippen molar-refractivity contribution in [3.05, 3.63) is 94.9 Å². The Labute approximate surface area is 219 Å². The number of carbonyl (C=O) groups excluding carboxylic acids is 2. The molecule has 8 heteroatoms. The maximum Gasteiger partial charge on any atom is 0.246 e. The van der Waals surface area contributed by atoms with E-state index in [4.69, 9.17) is 9.47 Å². The van der Waals surface area contributed by atoms with Gasteiger partial charge in [-0.1, -0.05) is 36.4 Å². The van der Waals surface area contributed by atoms with Gasteiger partial charge in [0, 0.05) is 35.1 Å². The van der Waals surface area contributed by atoms with Gasteiger partial charge in [-0.3, -0.25) is 9.59 Å². The first-order valence-corrected chi connectivity index (χ1v) is 12.6. The molecular formula is C30H28FN3O4. The number of hydrogen-bond acceptors (Lipinski definition) is 4. The van der Waals surface area contributed by atoms with Crippen LogP contribution < -0.4 is 9.47 Å². The van der Waals surface area contributed by atoms with Gasteiger partial charge in [0.15, 0.2) is 0 Å². The molecule has 0 unspecified atom stereocenters. The lowest BCUT2D eigenvalue weighted by Crippen LogP contribution is -2.63. The van der Waals surface area contributed by atoms with Crippen molar-refractivity contribution in [3.8, 4) is 11.5 Å². The number of aromatic amines is 1.